The van der Waals surface area contributed by atoms with Crippen LogP contribution in [0, 0.1) is 18.3 Å². The standard InChI is InChI=1S/C15H18BrNO/c1-10-12(3-2-4-13(10)16)14(18)17-9-15(7-8-15)11-5-6-11/h2-4,11H,5-9H2,1H3,(H,17,18). The summed E-state index contributed by atoms with van der Waals surface area (Å²) in [7, 11) is 0. The van der Waals surface area contributed by atoms with Gasteiger partial charge in [0, 0.05) is 16.6 Å². The molecular formula is C15H18BrNO. The second-order valence-corrected chi connectivity index (χ2v) is 6.59. The van der Waals surface area contributed by atoms with Gasteiger partial charge in [0.05, 0.1) is 0 Å². The maximum absolute atomic E-state index is 12.2. The summed E-state index contributed by atoms with van der Waals surface area (Å²) < 4.78 is 0.999. The Labute approximate surface area is 116 Å². The SMILES string of the molecule is Cc1c(Br)cccc1C(=O)NCC1(C2CC2)CC1. The Morgan fingerprint density at radius 3 is 2.78 bits per heavy atom. The molecule has 2 aliphatic carbocycles. The molecule has 1 aromatic rings. The molecule has 2 nitrogen and oxygen atoms in total. The number of rotatable bonds is 4. The van der Waals surface area contributed by atoms with E-state index in [1.165, 1.54) is 25.7 Å². The number of hydrogen-bond donors (Lipinski definition) is 1. The lowest BCUT2D eigenvalue weighted by Crippen LogP contribution is -2.31. The van der Waals surface area contributed by atoms with E-state index < -0.39 is 0 Å². The Morgan fingerprint density at radius 2 is 2.17 bits per heavy atom. The lowest BCUT2D eigenvalue weighted by Gasteiger charge is -2.16. The second kappa shape index (κ2) is 4.37. The minimum Gasteiger partial charge on any atom is -0.351 e. The van der Waals surface area contributed by atoms with Gasteiger partial charge in [0.15, 0.2) is 0 Å². The Kier molecular flexibility index (Phi) is 2.97. The van der Waals surface area contributed by atoms with E-state index in [4.69, 9.17) is 0 Å². The third-order valence-corrected chi connectivity index (χ3v) is 5.31. The summed E-state index contributed by atoms with van der Waals surface area (Å²) in [5, 5.41) is 3.13. The number of carbonyl (C=O) groups excluding carboxylic acids is 1. The van der Waals surface area contributed by atoms with Gasteiger partial charge in [-0.3, -0.25) is 4.79 Å². The topological polar surface area (TPSA) is 29.1 Å². The van der Waals surface area contributed by atoms with E-state index in [1.807, 2.05) is 25.1 Å². The van der Waals surface area contributed by atoms with Crippen molar-refractivity contribution in [2.45, 2.75) is 32.6 Å². The Morgan fingerprint density at radius 1 is 1.44 bits per heavy atom. The molecule has 0 spiro atoms. The van der Waals surface area contributed by atoms with E-state index in [0.29, 0.717) is 5.41 Å². The summed E-state index contributed by atoms with van der Waals surface area (Å²) >= 11 is 3.47. The van der Waals surface area contributed by atoms with E-state index >= 15 is 0 Å². The summed E-state index contributed by atoms with van der Waals surface area (Å²) in [6.07, 6.45) is 5.34. The van der Waals surface area contributed by atoms with E-state index in [-0.39, 0.29) is 5.91 Å². The van der Waals surface area contributed by atoms with Crippen LogP contribution in [0.25, 0.3) is 0 Å². The van der Waals surface area contributed by atoms with Crippen LogP contribution >= 0.6 is 15.9 Å². The fourth-order valence-electron chi connectivity index (χ4n) is 2.79. The van der Waals surface area contributed by atoms with Gasteiger partial charge in [-0.25, -0.2) is 0 Å². The van der Waals surface area contributed by atoms with Gasteiger partial charge in [0.25, 0.3) is 5.91 Å². The molecule has 2 fully saturated rings. The molecule has 0 unspecified atom stereocenters. The van der Waals surface area contributed by atoms with Crippen molar-refractivity contribution in [2.75, 3.05) is 6.54 Å². The van der Waals surface area contributed by atoms with Gasteiger partial charge in [-0.05, 0) is 61.6 Å². The summed E-state index contributed by atoms with van der Waals surface area (Å²) in [4.78, 5) is 12.2. The van der Waals surface area contributed by atoms with E-state index in [9.17, 15) is 4.79 Å². The van der Waals surface area contributed by atoms with Gasteiger partial charge >= 0.3 is 0 Å². The van der Waals surface area contributed by atoms with Crippen molar-refractivity contribution >= 4 is 21.8 Å². The van der Waals surface area contributed by atoms with Crippen molar-refractivity contribution in [3.8, 4) is 0 Å². The molecule has 0 heterocycles. The first kappa shape index (κ1) is 12.2. The number of amides is 1. The van der Waals surface area contributed by atoms with Crippen LogP contribution in [0.3, 0.4) is 0 Å². The van der Waals surface area contributed by atoms with E-state index in [2.05, 4.69) is 21.2 Å². The fraction of sp³-hybridized carbons (Fsp3) is 0.533. The van der Waals surface area contributed by atoms with Crippen LogP contribution in [-0.2, 0) is 0 Å². The molecule has 0 aromatic heterocycles. The lowest BCUT2D eigenvalue weighted by atomic mass is 10.0. The Bertz CT molecular complexity index is 489. The average Bonchev–Trinajstić information content (AvgIpc) is 3.22. The predicted molar refractivity (Wildman–Crippen MR) is 75.6 cm³/mol. The van der Waals surface area contributed by atoms with Crippen molar-refractivity contribution in [3.63, 3.8) is 0 Å². The average molecular weight is 308 g/mol. The Hall–Kier alpha value is -0.830. The third-order valence-electron chi connectivity index (χ3n) is 4.45. The first-order valence-corrected chi connectivity index (χ1v) is 7.45. The molecule has 96 valence electrons. The van der Waals surface area contributed by atoms with Gasteiger partial charge in [-0.2, -0.15) is 0 Å². The quantitative estimate of drug-likeness (QED) is 0.903. The first-order chi connectivity index (χ1) is 8.62. The minimum absolute atomic E-state index is 0.0701. The van der Waals surface area contributed by atoms with Gasteiger partial charge in [0.1, 0.15) is 0 Å². The first-order valence-electron chi connectivity index (χ1n) is 6.66. The zero-order chi connectivity index (χ0) is 12.8. The Balaban J connectivity index is 1.66. The van der Waals surface area contributed by atoms with E-state index in [0.717, 1.165) is 28.1 Å². The summed E-state index contributed by atoms with van der Waals surface area (Å²) in [5.41, 5.74) is 2.28. The molecule has 1 amide bonds. The second-order valence-electron chi connectivity index (χ2n) is 5.73. The highest BCUT2D eigenvalue weighted by Crippen LogP contribution is 2.60. The van der Waals surface area contributed by atoms with Crippen molar-refractivity contribution in [2.24, 2.45) is 11.3 Å². The van der Waals surface area contributed by atoms with Crippen molar-refractivity contribution < 1.29 is 4.79 Å². The lowest BCUT2D eigenvalue weighted by molar-refractivity contribution is 0.0942. The zero-order valence-electron chi connectivity index (χ0n) is 10.6. The maximum Gasteiger partial charge on any atom is 0.251 e. The highest BCUT2D eigenvalue weighted by atomic mass is 79.9. The molecule has 1 aromatic carbocycles. The van der Waals surface area contributed by atoms with Gasteiger partial charge in [-0.15, -0.1) is 0 Å². The summed E-state index contributed by atoms with van der Waals surface area (Å²) in [6, 6.07) is 5.78. The third kappa shape index (κ3) is 2.20. The smallest absolute Gasteiger partial charge is 0.251 e. The molecule has 2 aliphatic rings. The number of hydrogen-bond acceptors (Lipinski definition) is 1. The van der Waals surface area contributed by atoms with Crippen LogP contribution in [-0.4, -0.2) is 12.5 Å². The highest BCUT2D eigenvalue weighted by Gasteiger charge is 2.53. The van der Waals surface area contributed by atoms with Gasteiger partial charge in [0.2, 0.25) is 0 Å². The molecule has 18 heavy (non-hydrogen) atoms. The predicted octanol–water partition coefficient (Wildman–Crippen LogP) is 3.68. The molecule has 0 atom stereocenters. The number of carbonyl (C=O) groups is 1. The number of halogens is 1. The van der Waals surface area contributed by atoms with Crippen LogP contribution in [0.15, 0.2) is 22.7 Å². The van der Waals surface area contributed by atoms with Gasteiger partial charge in [-0.1, -0.05) is 22.0 Å². The molecule has 0 saturated heterocycles. The molecule has 1 N–H and O–H groups in total. The molecule has 0 radical (unpaired) electrons. The van der Waals surface area contributed by atoms with Crippen molar-refractivity contribution in [1.82, 2.24) is 5.32 Å². The van der Waals surface area contributed by atoms with Crippen molar-refractivity contribution in [3.05, 3.63) is 33.8 Å². The molecule has 0 aliphatic heterocycles. The monoisotopic (exact) mass is 307 g/mol. The van der Waals surface area contributed by atoms with E-state index in [1.54, 1.807) is 0 Å². The van der Waals surface area contributed by atoms with Crippen LogP contribution in [0.2, 0.25) is 0 Å². The van der Waals surface area contributed by atoms with Crippen LogP contribution in [0.1, 0.15) is 41.6 Å². The largest absolute Gasteiger partial charge is 0.351 e. The zero-order valence-corrected chi connectivity index (χ0v) is 12.2. The number of nitrogens with one attached hydrogen (secondary N) is 1. The summed E-state index contributed by atoms with van der Waals surface area (Å²) in [5.74, 6) is 0.960. The molecule has 3 heteroatoms. The molecular weight excluding hydrogens is 290 g/mol. The number of benzene rings is 1. The maximum atomic E-state index is 12.2. The minimum atomic E-state index is 0.0701. The molecule has 3 rings (SSSR count). The normalized spacial score (nSPS) is 20.6. The fourth-order valence-corrected chi connectivity index (χ4v) is 3.16. The van der Waals surface area contributed by atoms with Gasteiger partial charge < -0.3 is 5.32 Å². The molecule has 0 bridgehead atoms. The van der Waals surface area contributed by atoms with Crippen LogP contribution in [0.5, 0.6) is 0 Å². The van der Waals surface area contributed by atoms with Crippen LogP contribution < -0.4 is 5.32 Å². The molecule has 2 saturated carbocycles. The van der Waals surface area contributed by atoms with Crippen molar-refractivity contribution in [1.29, 1.82) is 0 Å². The summed E-state index contributed by atoms with van der Waals surface area (Å²) in [6.45, 7) is 2.84. The highest BCUT2D eigenvalue weighted by molar-refractivity contribution is 9.10. The van der Waals surface area contributed by atoms with Crippen LogP contribution in [0.4, 0.5) is 0 Å².